The zero-order valence-corrected chi connectivity index (χ0v) is 18.2. The molecule has 0 aromatic heterocycles. The van der Waals surface area contributed by atoms with Crippen molar-refractivity contribution in [3.8, 4) is 0 Å². The van der Waals surface area contributed by atoms with Crippen LogP contribution in [0.4, 0.5) is 0 Å². The Labute approximate surface area is 162 Å². The van der Waals surface area contributed by atoms with Gasteiger partial charge >= 0.3 is 0 Å². The Balaban J connectivity index is 2.59. The predicted octanol–water partition coefficient (Wildman–Crippen LogP) is 6.23. The van der Waals surface area contributed by atoms with E-state index in [1.807, 2.05) is 0 Å². The molecule has 142 valence electrons. The molecule has 0 unspecified atom stereocenters. The zero-order chi connectivity index (χ0) is 19.3. The monoisotopic (exact) mass is 370 g/mol. The average Bonchev–Trinajstić information content (AvgIpc) is 2.70. The lowest BCUT2D eigenvalue weighted by Crippen LogP contribution is -2.05. The zero-order valence-electron chi connectivity index (χ0n) is 17.4. The van der Waals surface area contributed by atoms with Gasteiger partial charge in [0.05, 0.1) is 10.8 Å². The van der Waals surface area contributed by atoms with E-state index in [1.54, 1.807) is 0 Å². The minimum Gasteiger partial charge on any atom is -0.249 e. The van der Waals surface area contributed by atoms with Gasteiger partial charge in [-0.3, -0.25) is 0 Å². The topological polar surface area (TPSA) is 17.1 Å². The molecule has 0 aliphatic heterocycles. The first kappa shape index (κ1) is 20.9. The largest absolute Gasteiger partial charge is 0.249 e. The van der Waals surface area contributed by atoms with Crippen molar-refractivity contribution in [3.05, 3.63) is 57.6 Å². The summed E-state index contributed by atoms with van der Waals surface area (Å²) in [5.74, 6) is 0. The van der Waals surface area contributed by atoms with Crippen LogP contribution in [-0.4, -0.2) is 4.21 Å². The lowest BCUT2D eigenvalue weighted by atomic mass is 9.95. The SMILES string of the molecule is CCc1cc(S(=O)c2cc(CC)c(CC)c(CC)c2)cc(CC)c1CC. The van der Waals surface area contributed by atoms with Crippen molar-refractivity contribution in [3.63, 3.8) is 0 Å². The van der Waals surface area contributed by atoms with Crippen LogP contribution in [0.5, 0.6) is 0 Å². The molecule has 0 heterocycles. The Hall–Kier alpha value is -1.41. The highest BCUT2D eigenvalue weighted by Crippen LogP contribution is 2.28. The van der Waals surface area contributed by atoms with Crippen molar-refractivity contribution in [2.45, 2.75) is 89.9 Å². The van der Waals surface area contributed by atoms with Crippen LogP contribution in [0.15, 0.2) is 34.1 Å². The molecule has 0 amide bonds. The maximum Gasteiger partial charge on any atom is 0.0849 e. The summed E-state index contributed by atoms with van der Waals surface area (Å²) in [6, 6.07) is 8.72. The molecule has 2 heteroatoms. The molecule has 0 saturated carbocycles. The summed E-state index contributed by atoms with van der Waals surface area (Å²) < 4.78 is 13.4. The molecule has 0 radical (unpaired) electrons. The van der Waals surface area contributed by atoms with Crippen LogP contribution in [0.1, 0.15) is 74.9 Å². The third-order valence-electron chi connectivity index (χ3n) is 5.48. The molecule has 0 spiro atoms. The number of rotatable bonds is 8. The summed E-state index contributed by atoms with van der Waals surface area (Å²) in [4.78, 5) is 1.92. The molecule has 0 atom stereocenters. The van der Waals surface area contributed by atoms with Gasteiger partial charge in [-0.1, -0.05) is 41.5 Å². The molecule has 1 nitrogen and oxygen atoms in total. The Morgan fingerprint density at radius 2 is 0.808 bits per heavy atom. The first-order chi connectivity index (χ1) is 12.5. The lowest BCUT2D eigenvalue weighted by molar-refractivity contribution is 0.682. The number of hydrogen-bond donors (Lipinski definition) is 0. The van der Waals surface area contributed by atoms with Crippen molar-refractivity contribution in [2.75, 3.05) is 0 Å². The molecule has 0 saturated heterocycles. The minimum atomic E-state index is -1.11. The second-order valence-electron chi connectivity index (χ2n) is 6.83. The highest BCUT2D eigenvalue weighted by atomic mass is 32.2. The molecule has 0 aliphatic rings. The van der Waals surface area contributed by atoms with Gasteiger partial charge in [-0.25, -0.2) is 4.21 Å². The van der Waals surface area contributed by atoms with Crippen LogP contribution in [0.2, 0.25) is 0 Å². The fourth-order valence-corrected chi connectivity index (χ4v) is 5.32. The smallest absolute Gasteiger partial charge is 0.0849 e. The summed E-state index contributed by atoms with van der Waals surface area (Å²) in [5.41, 5.74) is 8.30. The molecule has 0 aliphatic carbocycles. The van der Waals surface area contributed by atoms with E-state index in [2.05, 4.69) is 65.8 Å². The van der Waals surface area contributed by atoms with Gasteiger partial charge in [0.2, 0.25) is 0 Å². The Kier molecular flexibility index (Phi) is 7.64. The number of hydrogen-bond acceptors (Lipinski definition) is 1. The second-order valence-corrected chi connectivity index (χ2v) is 8.31. The van der Waals surface area contributed by atoms with Crippen molar-refractivity contribution in [1.29, 1.82) is 0 Å². The van der Waals surface area contributed by atoms with Gasteiger partial charge in [0.1, 0.15) is 0 Å². The van der Waals surface area contributed by atoms with Gasteiger partial charge in [0, 0.05) is 9.79 Å². The molecule has 26 heavy (non-hydrogen) atoms. The molecule has 2 rings (SSSR count). The van der Waals surface area contributed by atoms with Gasteiger partial charge in [-0.2, -0.15) is 0 Å². The number of aryl methyl sites for hydroxylation is 4. The van der Waals surface area contributed by atoms with Crippen LogP contribution >= 0.6 is 0 Å². The van der Waals surface area contributed by atoms with E-state index in [4.69, 9.17) is 0 Å². The third-order valence-corrected chi connectivity index (χ3v) is 6.80. The van der Waals surface area contributed by atoms with Crippen molar-refractivity contribution in [1.82, 2.24) is 0 Å². The van der Waals surface area contributed by atoms with Gasteiger partial charge < -0.3 is 0 Å². The highest BCUT2D eigenvalue weighted by molar-refractivity contribution is 7.85. The molecule has 0 N–H and O–H groups in total. The summed E-state index contributed by atoms with van der Waals surface area (Å²) in [5, 5.41) is 0. The minimum absolute atomic E-state index is 0.962. The maximum atomic E-state index is 13.4. The summed E-state index contributed by atoms with van der Waals surface area (Å²) >= 11 is 0. The maximum absolute atomic E-state index is 13.4. The van der Waals surface area contributed by atoms with Gasteiger partial charge in [-0.05, 0) is 96.2 Å². The van der Waals surface area contributed by atoms with Crippen molar-refractivity contribution >= 4 is 10.8 Å². The molecule has 2 aromatic rings. The summed E-state index contributed by atoms with van der Waals surface area (Å²) in [6.45, 7) is 13.2. The van der Waals surface area contributed by atoms with E-state index in [-0.39, 0.29) is 0 Å². The molecular weight excluding hydrogens is 336 g/mol. The quantitative estimate of drug-likeness (QED) is 0.538. The van der Waals surface area contributed by atoms with Gasteiger partial charge in [-0.15, -0.1) is 0 Å². The van der Waals surface area contributed by atoms with E-state index in [0.29, 0.717) is 0 Å². The Bertz CT molecular complexity index is 673. The van der Waals surface area contributed by atoms with Crippen molar-refractivity contribution in [2.24, 2.45) is 0 Å². The normalized spacial score (nSPS) is 11.3. The average molecular weight is 371 g/mol. The van der Waals surface area contributed by atoms with Gasteiger partial charge in [0.25, 0.3) is 0 Å². The Morgan fingerprint density at radius 3 is 1.00 bits per heavy atom. The fraction of sp³-hybridized carbons (Fsp3) is 0.500. The predicted molar refractivity (Wildman–Crippen MR) is 114 cm³/mol. The third kappa shape index (κ3) is 4.11. The first-order valence-corrected chi connectivity index (χ1v) is 11.4. The molecule has 0 bridgehead atoms. The van der Waals surface area contributed by atoms with E-state index < -0.39 is 10.8 Å². The van der Waals surface area contributed by atoms with Crippen LogP contribution in [0, 0.1) is 0 Å². The number of benzene rings is 2. The summed E-state index contributed by atoms with van der Waals surface area (Å²) in [6.07, 6.45) is 6.08. The van der Waals surface area contributed by atoms with Crippen molar-refractivity contribution < 1.29 is 4.21 Å². The molecule has 2 aromatic carbocycles. The lowest BCUT2D eigenvalue weighted by Gasteiger charge is -2.17. The van der Waals surface area contributed by atoms with Gasteiger partial charge in [0.15, 0.2) is 0 Å². The van der Waals surface area contributed by atoms with E-state index >= 15 is 0 Å². The molecule has 0 fully saturated rings. The van der Waals surface area contributed by atoms with E-state index in [1.165, 1.54) is 33.4 Å². The summed E-state index contributed by atoms with van der Waals surface area (Å²) in [7, 11) is -1.11. The standard InChI is InChI=1S/C24H34OS/c1-7-17-13-21(14-18(8-2)23(17)11-5)26(25)22-15-19(9-3)24(12-6)20(10-4)16-22/h13-16H,7-12H2,1-6H3. The van der Waals surface area contributed by atoms with E-state index in [9.17, 15) is 4.21 Å². The Morgan fingerprint density at radius 1 is 0.538 bits per heavy atom. The van der Waals surface area contributed by atoms with E-state index in [0.717, 1.165) is 48.3 Å². The van der Waals surface area contributed by atoms with Crippen LogP contribution < -0.4 is 0 Å². The molecular formula is C24H34OS. The first-order valence-electron chi connectivity index (χ1n) is 10.2. The highest BCUT2D eigenvalue weighted by Gasteiger charge is 2.16. The second kappa shape index (κ2) is 9.50. The fourth-order valence-electron chi connectivity index (χ4n) is 4.05. The van der Waals surface area contributed by atoms with Crippen LogP contribution in [0.3, 0.4) is 0 Å². The van der Waals surface area contributed by atoms with Crippen LogP contribution in [-0.2, 0) is 49.3 Å². The van der Waals surface area contributed by atoms with Crippen LogP contribution in [0.25, 0.3) is 0 Å².